The third kappa shape index (κ3) is 5.34. The fourth-order valence-electron chi connectivity index (χ4n) is 2.25. The molecule has 0 bridgehead atoms. The van der Waals surface area contributed by atoms with Gasteiger partial charge in [-0.05, 0) is 24.6 Å². The van der Waals surface area contributed by atoms with Crippen LogP contribution in [0.3, 0.4) is 0 Å². The van der Waals surface area contributed by atoms with Crippen LogP contribution in [-0.2, 0) is 16.1 Å². The number of methoxy groups -OCH3 is 1. The average molecular weight is 347 g/mol. The number of hydrogen-bond acceptors (Lipinski definition) is 5. The maximum absolute atomic E-state index is 12.2. The average Bonchev–Trinajstić information content (AvgIpc) is 2.97. The molecule has 0 aliphatic heterocycles. The third-order valence-electron chi connectivity index (χ3n) is 3.39. The van der Waals surface area contributed by atoms with Crippen molar-refractivity contribution in [2.24, 2.45) is 0 Å². The van der Waals surface area contributed by atoms with Gasteiger partial charge in [0, 0.05) is 18.0 Å². The molecule has 1 heterocycles. The lowest BCUT2D eigenvalue weighted by Crippen LogP contribution is -2.32. The minimum absolute atomic E-state index is 0.141. The minimum Gasteiger partial charge on any atom is -0.497 e. The van der Waals surface area contributed by atoms with Gasteiger partial charge in [0.25, 0.3) is 0 Å². The number of aromatic nitrogens is 1. The monoisotopic (exact) mass is 347 g/mol. The molecule has 1 aromatic carbocycles. The van der Waals surface area contributed by atoms with E-state index in [0.717, 1.165) is 22.0 Å². The zero-order chi connectivity index (χ0) is 17.5. The lowest BCUT2D eigenvalue weighted by atomic mass is 10.0. The minimum atomic E-state index is -0.383. The van der Waals surface area contributed by atoms with E-state index in [2.05, 4.69) is 15.6 Å². The Morgan fingerprint density at radius 2 is 2.00 bits per heavy atom. The van der Waals surface area contributed by atoms with Crippen molar-refractivity contribution < 1.29 is 14.3 Å². The Morgan fingerprint density at radius 1 is 1.29 bits per heavy atom. The van der Waals surface area contributed by atoms with Crippen LogP contribution in [0.5, 0.6) is 5.75 Å². The summed E-state index contributed by atoms with van der Waals surface area (Å²) >= 11 is 1.51. The first-order valence-corrected chi connectivity index (χ1v) is 8.44. The number of benzene rings is 1. The molecule has 128 valence electrons. The molecule has 2 N–H and O–H groups in total. The van der Waals surface area contributed by atoms with E-state index in [1.165, 1.54) is 18.3 Å². The fourth-order valence-corrected chi connectivity index (χ4v) is 2.96. The zero-order valence-corrected chi connectivity index (χ0v) is 14.8. The molecule has 0 saturated carbocycles. The Balaban J connectivity index is 1.98. The van der Waals surface area contributed by atoms with Gasteiger partial charge in [0.15, 0.2) is 0 Å². The number of thiazole rings is 1. The molecule has 2 aromatic rings. The number of carbonyl (C=O) groups excluding carboxylic acids is 2. The van der Waals surface area contributed by atoms with Crippen LogP contribution in [0.15, 0.2) is 29.6 Å². The van der Waals surface area contributed by atoms with Crippen LogP contribution in [0.2, 0.25) is 0 Å². The van der Waals surface area contributed by atoms with Crippen molar-refractivity contribution in [1.29, 1.82) is 0 Å². The van der Waals surface area contributed by atoms with Crippen LogP contribution in [0.4, 0.5) is 0 Å². The molecule has 0 unspecified atom stereocenters. The van der Waals surface area contributed by atoms with Crippen molar-refractivity contribution in [3.05, 3.63) is 45.9 Å². The Morgan fingerprint density at radius 3 is 2.54 bits per heavy atom. The molecule has 7 heteroatoms. The number of amides is 2. The molecule has 0 fully saturated rings. The largest absolute Gasteiger partial charge is 0.497 e. The van der Waals surface area contributed by atoms with E-state index in [0.29, 0.717) is 6.54 Å². The van der Waals surface area contributed by atoms with Crippen LogP contribution >= 0.6 is 11.3 Å². The number of nitrogens with one attached hydrogen (secondary N) is 2. The van der Waals surface area contributed by atoms with Crippen molar-refractivity contribution in [2.45, 2.75) is 32.9 Å². The summed E-state index contributed by atoms with van der Waals surface area (Å²) in [6.45, 7) is 3.75. The second-order valence-electron chi connectivity index (χ2n) is 5.39. The number of ether oxygens (including phenoxy) is 1. The molecular weight excluding hydrogens is 326 g/mol. The smallest absolute Gasteiger partial charge is 0.222 e. The van der Waals surface area contributed by atoms with Crippen molar-refractivity contribution in [3.8, 4) is 5.75 Å². The topological polar surface area (TPSA) is 80.3 Å². The number of hydrogen-bond donors (Lipinski definition) is 2. The Kier molecular flexibility index (Phi) is 6.31. The van der Waals surface area contributed by atoms with Gasteiger partial charge in [0.1, 0.15) is 10.8 Å². The van der Waals surface area contributed by atoms with E-state index >= 15 is 0 Å². The summed E-state index contributed by atoms with van der Waals surface area (Å²) in [5.74, 6) is 0.403. The first kappa shape index (κ1) is 17.9. The van der Waals surface area contributed by atoms with Crippen molar-refractivity contribution in [1.82, 2.24) is 15.6 Å². The van der Waals surface area contributed by atoms with E-state index in [1.807, 2.05) is 24.4 Å². The number of aryl methyl sites for hydroxylation is 1. The molecule has 0 radical (unpaired) electrons. The molecule has 6 nitrogen and oxygen atoms in total. The number of nitrogens with zero attached hydrogens (tertiary/aromatic N) is 1. The summed E-state index contributed by atoms with van der Waals surface area (Å²) in [5.41, 5.74) is 1.80. The summed E-state index contributed by atoms with van der Waals surface area (Å²) in [6, 6.07) is 6.92. The van der Waals surface area contributed by atoms with Crippen molar-refractivity contribution in [3.63, 3.8) is 0 Å². The maximum Gasteiger partial charge on any atom is 0.222 e. The number of carbonyl (C=O) groups is 2. The van der Waals surface area contributed by atoms with Crippen LogP contribution in [0, 0.1) is 6.92 Å². The van der Waals surface area contributed by atoms with E-state index in [1.54, 1.807) is 19.2 Å². The second-order valence-corrected chi connectivity index (χ2v) is 6.33. The molecule has 1 aromatic heterocycles. The molecule has 0 saturated heterocycles. The fraction of sp³-hybridized carbons (Fsp3) is 0.353. The van der Waals surface area contributed by atoms with Gasteiger partial charge >= 0.3 is 0 Å². The first-order valence-electron chi connectivity index (χ1n) is 7.56. The van der Waals surface area contributed by atoms with Crippen LogP contribution < -0.4 is 15.4 Å². The predicted octanol–water partition coefficient (Wildman–Crippen LogP) is 2.34. The van der Waals surface area contributed by atoms with Gasteiger partial charge in [0.2, 0.25) is 11.8 Å². The zero-order valence-electron chi connectivity index (χ0n) is 14.0. The second kappa shape index (κ2) is 8.44. The van der Waals surface area contributed by atoms with E-state index in [9.17, 15) is 9.59 Å². The molecule has 2 rings (SSSR count). The van der Waals surface area contributed by atoms with Crippen LogP contribution in [0.1, 0.15) is 35.7 Å². The summed E-state index contributed by atoms with van der Waals surface area (Å²) in [5, 5.41) is 8.46. The molecule has 0 aliphatic carbocycles. The lowest BCUT2D eigenvalue weighted by Gasteiger charge is -2.18. The summed E-state index contributed by atoms with van der Waals surface area (Å²) in [7, 11) is 1.59. The molecule has 0 aliphatic rings. The molecule has 0 spiro atoms. The maximum atomic E-state index is 12.2. The Hall–Kier alpha value is -2.41. The van der Waals surface area contributed by atoms with Crippen molar-refractivity contribution >= 4 is 23.2 Å². The Labute approximate surface area is 145 Å². The van der Waals surface area contributed by atoms with E-state index in [4.69, 9.17) is 4.74 Å². The van der Waals surface area contributed by atoms with Crippen LogP contribution in [0.25, 0.3) is 0 Å². The molecule has 2 amide bonds. The highest BCUT2D eigenvalue weighted by Gasteiger charge is 2.17. The van der Waals surface area contributed by atoms with Gasteiger partial charge in [-0.2, -0.15) is 0 Å². The third-order valence-corrected chi connectivity index (χ3v) is 4.36. The summed E-state index contributed by atoms with van der Waals surface area (Å²) in [4.78, 5) is 27.9. The van der Waals surface area contributed by atoms with E-state index in [-0.39, 0.29) is 24.3 Å². The van der Waals surface area contributed by atoms with Gasteiger partial charge in [-0.3, -0.25) is 9.59 Å². The van der Waals surface area contributed by atoms with Gasteiger partial charge in [-0.15, -0.1) is 11.3 Å². The highest BCUT2D eigenvalue weighted by molar-refractivity contribution is 7.09. The Bertz CT molecular complexity index is 697. The van der Waals surface area contributed by atoms with Gasteiger partial charge < -0.3 is 15.4 Å². The highest BCUT2D eigenvalue weighted by Crippen LogP contribution is 2.20. The summed E-state index contributed by atoms with van der Waals surface area (Å²) in [6.07, 6.45) is 0.163. The van der Waals surface area contributed by atoms with Crippen LogP contribution in [-0.4, -0.2) is 23.9 Å². The highest BCUT2D eigenvalue weighted by atomic mass is 32.1. The normalized spacial score (nSPS) is 11.6. The standard InChI is InChI=1S/C17H21N3O3S/c1-11-10-24-17(19-11)9-18-16(22)8-15(20-12(2)21)13-4-6-14(23-3)7-5-13/h4-7,10,15H,8-9H2,1-3H3,(H,18,22)(H,20,21)/t15-/m0/s1. The molecule has 1 atom stereocenters. The lowest BCUT2D eigenvalue weighted by molar-refractivity contribution is -0.122. The SMILES string of the molecule is COc1ccc([C@H](CC(=O)NCc2nc(C)cs2)NC(C)=O)cc1. The van der Waals surface area contributed by atoms with Gasteiger partial charge in [-0.25, -0.2) is 4.98 Å². The molecular formula is C17H21N3O3S. The first-order chi connectivity index (χ1) is 11.5. The summed E-state index contributed by atoms with van der Waals surface area (Å²) < 4.78 is 5.13. The predicted molar refractivity (Wildman–Crippen MR) is 92.9 cm³/mol. The van der Waals surface area contributed by atoms with Crippen molar-refractivity contribution in [2.75, 3.05) is 7.11 Å². The molecule has 24 heavy (non-hydrogen) atoms. The number of rotatable bonds is 7. The quantitative estimate of drug-likeness (QED) is 0.806. The van der Waals surface area contributed by atoms with Gasteiger partial charge in [-0.1, -0.05) is 12.1 Å². The van der Waals surface area contributed by atoms with E-state index < -0.39 is 0 Å². The van der Waals surface area contributed by atoms with Gasteiger partial charge in [0.05, 0.1) is 26.1 Å².